The van der Waals surface area contributed by atoms with Crippen molar-refractivity contribution in [3.63, 3.8) is 0 Å². The van der Waals surface area contributed by atoms with E-state index in [2.05, 4.69) is 25.6 Å². The number of aromatic nitrogens is 1. The number of rotatable bonds is 5. The van der Waals surface area contributed by atoms with Crippen molar-refractivity contribution in [2.24, 2.45) is 5.92 Å². The molecule has 0 spiro atoms. The molecule has 0 unspecified atom stereocenters. The van der Waals surface area contributed by atoms with Crippen molar-refractivity contribution in [2.75, 3.05) is 10.5 Å². The average Bonchev–Trinajstić information content (AvgIpc) is 3.06. The van der Waals surface area contributed by atoms with Crippen LogP contribution >= 0.6 is 27.5 Å². The SMILES string of the molecule is O=S(=O)(CCC1CC1)Nc1cncc(Br)c1Cl. The Morgan fingerprint density at radius 1 is 1.47 bits per heavy atom. The lowest BCUT2D eigenvalue weighted by atomic mass is 10.3. The van der Waals surface area contributed by atoms with Gasteiger partial charge in [-0.2, -0.15) is 0 Å². The fraction of sp³-hybridized carbons (Fsp3) is 0.500. The Hall–Kier alpha value is -0.330. The van der Waals surface area contributed by atoms with Gasteiger partial charge < -0.3 is 0 Å². The van der Waals surface area contributed by atoms with Gasteiger partial charge in [-0.1, -0.05) is 24.4 Å². The number of hydrogen-bond donors (Lipinski definition) is 1. The van der Waals surface area contributed by atoms with Crippen LogP contribution in [-0.4, -0.2) is 19.2 Å². The highest BCUT2D eigenvalue weighted by Gasteiger charge is 2.24. The van der Waals surface area contributed by atoms with Gasteiger partial charge in [0.1, 0.15) is 0 Å². The second kappa shape index (κ2) is 5.12. The number of pyridine rings is 1. The first kappa shape index (κ1) is 13.1. The predicted octanol–water partition coefficient (Wildman–Crippen LogP) is 3.04. The molecule has 1 fully saturated rings. The maximum atomic E-state index is 11.8. The Kier molecular flexibility index (Phi) is 3.95. The summed E-state index contributed by atoms with van der Waals surface area (Å²) in [5.74, 6) is 0.725. The third kappa shape index (κ3) is 3.82. The lowest BCUT2D eigenvalue weighted by Crippen LogP contribution is -2.17. The van der Waals surface area contributed by atoms with E-state index in [0.29, 0.717) is 27.5 Å². The molecular weight excluding hydrogens is 328 g/mol. The molecule has 1 heterocycles. The molecule has 0 aliphatic heterocycles. The Balaban J connectivity index is 2.05. The molecule has 17 heavy (non-hydrogen) atoms. The highest BCUT2D eigenvalue weighted by molar-refractivity contribution is 9.10. The summed E-state index contributed by atoms with van der Waals surface area (Å²) in [5.41, 5.74) is 0.317. The van der Waals surface area contributed by atoms with Crippen LogP contribution in [0.5, 0.6) is 0 Å². The van der Waals surface area contributed by atoms with E-state index in [-0.39, 0.29) is 5.75 Å². The first-order chi connectivity index (χ1) is 7.98. The largest absolute Gasteiger partial charge is 0.280 e. The van der Waals surface area contributed by atoms with Crippen LogP contribution in [0.1, 0.15) is 19.3 Å². The summed E-state index contributed by atoms with van der Waals surface area (Å²) in [4.78, 5) is 3.88. The number of nitrogens with zero attached hydrogens (tertiary/aromatic N) is 1. The minimum atomic E-state index is -3.32. The minimum absolute atomic E-state index is 0.139. The first-order valence-electron chi connectivity index (χ1n) is 5.27. The Bertz CT molecular complexity index is 517. The molecule has 7 heteroatoms. The number of nitrogens with one attached hydrogen (secondary N) is 1. The molecule has 0 radical (unpaired) electrons. The van der Waals surface area contributed by atoms with Crippen molar-refractivity contribution >= 4 is 43.2 Å². The van der Waals surface area contributed by atoms with Crippen molar-refractivity contribution in [3.8, 4) is 0 Å². The number of anilines is 1. The Morgan fingerprint density at radius 2 is 2.18 bits per heavy atom. The highest BCUT2D eigenvalue weighted by atomic mass is 79.9. The molecule has 0 atom stereocenters. The van der Waals surface area contributed by atoms with Gasteiger partial charge in [-0.3, -0.25) is 9.71 Å². The van der Waals surface area contributed by atoms with Crippen molar-refractivity contribution in [1.29, 1.82) is 0 Å². The van der Waals surface area contributed by atoms with Gasteiger partial charge in [0.05, 0.1) is 27.1 Å². The number of hydrogen-bond acceptors (Lipinski definition) is 3. The third-order valence-electron chi connectivity index (χ3n) is 2.59. The van der Waals surface area contributed by atoms with E-state index < -0.39 is 10.0 Å². The fourth-order valence-electron chi connectivity index (χ4n) is 1.44. The van der Waals surface area contributed by atoms with Crippen LogP contribution in [-0.2, 0) is 10.0 Å². The van der Waals surface area contributed by atoms with Gasteiger partial charge in [0.25, 0.3) is 0 Å². The minimum Gasteiger partial charge on any atom is -0.280 e. The molecule has 94 valence electrons. The molecule has 0 saturated heterocycles. The smallest absolute Gasteiger partial charge is 0.232 e. The van der Waals surface area contributed by atoms with Gasteiger partial charge in [0.15, 0.2) is 0 Å². The van der Waals surface area contributed by atoms with Gasteiger partial charge in [0, 0.05) is 6.20 Å². The standard InChI is InChI=1S/C10H12BrClN2O2S/c11-8-5-13-6-9(10(8)12)14-17(15,16)4-3-7-1-2-7/h5-7,14H,1-4H2. The van der Waals surface area contributed by atoms with Gasteiger partial charge in [-0.25, -0.2) is 8.42 Å². The van der Waals surface area contributed by atoms with Crippen LogP contribution in [0, 0.1) is 5.92 Å². The molecule has 1 aromatic rings. The van der Waals surface area contributed by atoms with Crippen LogP contribution in [0.15, 0.2) is 16.9 Å². The molecule has 0 aromatic carbocycles. The van der Waals surface area contributed by atoms with Crippen LogP contribution < -0.4 is 4.72 Å². The summed E-state index contributed by atoms with van der Waals surface area (Å²) in [6.07, 6.45) is 5.93. The van der Waals surface area contributed by atoms with E-state index in [9.17, 15) is 8.42 Å². The molecule has 1 aliphatic carbocycles. The average molecular weight is 340 g/mol. The molecule has 2 rings (SSSR count). The second-order valence-electron chi connectivity index (χ2n) is 4.14. The Morgan fingerprint density at radius 3 is 2.82 bits per heavy atom. The monoisotopic (exact) mass is 338 g/mol. The zero-order chi connectivity index (χ0) is 12.5. The quantitative estimate of drug-likeness (QED) is 0.897. The molecule has 0 bridgehead atoms. The van der Waals surface area contributed by atoms with Crippen molar-refractivity contribution in [1.82, 2.24) is 4.98 Å². The van der Waals surface area contributed by atoms with Gasteiger partial charge >= 0.3 is 0 Å². The molecule has 4 nitrogen and oxygen atoms in total. The highest BCUT2D eigenvalue weighted by Crippen LogP contribution is 2.33. The zero-order valence-electron chi connectivity index (χ0n) is 8.99. The van der Waals surface area contributed by atoms with Crippen LogP contribution in [0.25, 0.3) is 0 Å². The number of halogens is 2. The van der Waals surface area contributed by atoms with Crippen LogP contribution in [0.3, 0.4) is 0 Å². The summed E-state index contributed by atoms with van der Waals surface area (Å²) >= 11 is 9.16. The maximum absolute atomic E-state index is 11.8. The molecule has 1 aromatic heterocycles. The molecule has 1 saturated carbocycles. The molecule has 1 aliphatic rings. The van der Waals surface area contributed by atoms with Gasteiger partial charge in [-0.15, -0.1) is 0 Å². The van der Waals surface area contributed by atoms with E-state index in [0.717, 1.165) is 12.8 Å². The number of sulfonamides is 1. The lowest BCUT2D eigenvalue weighted by molar-refractivity contribution is 0.595. The van der Waals surface area contributed by atoms with Crippen molar-refractivity contribution < 1.29 is 8.42 Å². The van der Waals surface area contributed by atoms with Crippen molar-refractivity contribution in [2.45, 2.75) is 19.3 Å². The second-order valence-corrected chi connectivity index (χ2v) is 7.21. The molecule has 1 N–H and O–H groups in total. The zero-order valence-corrected chi connectivity index (χ0v) is 12.1. The van der Waals surface area contributed by atoms with E-state index >= 15 is 0 Å². The third-order valence-corrected chi connectivity index (χ3v) is 5.14. The predicted molar refractivity (Wildman–Crippen MR) is 71.7 cm³/mol. The van der Waals surface area contributed by atoms with Crippen LogP contribution in [0.4, 0.5) is 5.69 Å². The van der Waals surface area contributed by atoms with E-state index in [4.69, 9.17) is 11.6 Å². The molecule has 0 amide bonds. The van der Waals surface area contributed by atoms with Crippen molar-refractivity contribution in [3.05, 3.63) is 21.9 Å². The first-order valence-corrected chi connectivity index (χ1v) is 8.10. The Labute approximate surface area is 114 Å². The van der Waals surface area contributed by atoms with E-state index in [1.54, 1.807) is 0 Å². The lowest BCUT2D eigenvalue weighted by Gasteiger charge is -2.09. The summed E-state index contributed by atoms with van der Waals surface area (Å²) in [7, 11) is -3.32. The summed E-state index contributed by atoms with van der Waals surface area (Å²) in [6, 6.07) is 0. The van der Waals surface area contributed by atoms with E-state index in [1.165, 1.54) is 12.4 Å². The van der Waals surface area contributed by atoms with Gasteiger partial charge in [0.2, 0.25) is 10.0 Å². The van der Waals surface area contributed by atoms with E-state index in [1.807, 2.05) is 0 Å². The van der Waals surface area contributed by atoms with Crippen LogP contribution in [0.2, 0.25) is 5.02 Å². The molecular formula is C10H12BrClN2O2S. The normalized spacial score (nSPS) is 15.9. The maximum Gasteiger partial charge on any atom is 0.232 e. The summed E-state index contributed by atoms with van der Waals surface area (Å²) in [5, 5.41) is 0.329. The fourth-order valence-corrected chi connectivity index (χ4v) is 3.21. The van der Waals surface area contributed by atoms with Gasteiger partial charge in [-0.05, 0) is 28.3 Å². The topological polar surface area (TPSA) is 59.1 Å². The summed E-state index contributed by atoms with van der Waals surface area (Å²) in [6.45, 7) is 0. The summed E-state index contributed by atoms with van der Waals surface area (Å²) < 4.78 is 26.6.